The van der Waals surface area contributed by atoms with Gasteiger partial charge in [-0.2, -0.15) is 0 Å². The first-order valence-corrected chi connectivity index (χ1v) is 5.62. The summed E-state index contributed by atoms with van der Waals surface area (Å²) in [6.07, 6.45) is 2.86. The molecule has 0 aliphatic carbocycles. The molecule has 1 aromatic rings. The van der Waals surface area contributed by atoms with E-state index in [9.17, 15) is 4.79 Å². The third-order valence-electron chi connectivity index (χ3n) is 2.23. The second-order valence-corrected chi connectivity index (χ2v) is 4.11. The van der Waals surface area contributed by atoms with Gasteiger partial charge in [-0.3, -0.25) is 9.48 Å². The van der Waals surface area contributed by atoms with Gasteiger partial charge in [0, 0.05) is 6.54 Å². The van der Waals surface area contributed by atoms with Crippen LogP contribution in [0.5, 0.6) is 0 Å². The molecule has 7 nitrogen and oxygen atoms in total. The van der Waals surface area contributed by atoms with Gasteiger partial charge in [0.15, 0.2) is 0 Å². The molecule has 0 aromatic carbocycles. The Hall–Kier alpha value is -1.47. The number of nitrogens with one attached hydrogen (secondary N) is 1. The second-order valence-electron chi connectivity index (χ2n) is 4.11. The van der Waals surface area contributed by atoms with Gasteiger partial charge in [0.2, 0.25) is 5.91 Å². The number of carbonyl (C=O) groups excluding carboxylic acids is 1. The number of hydrogen-bond donors (Lipinski definition) is 2. The van der Waals surface area contributed by atoms with Crippen molar-refractivity contribution >= 4 is 5.91 Å². The lowest BCUT2D eigenvalue weighted by Crippen LogP contribution is -2.29. The average molecular weight is 240 g/mol. The Balaban J connectivity index is 2.30. The fourth-order valence-electron chi connectivity index (χ4n) is 1.34. The highest BCUT2D eigenvalue weighted by atomic mass is 16.1. The van der Waals surface area contributed by atoms with Crippen LogP contribution < -0.4 is 11.1 Å². The first-order valence-electron chi connectivity index (χ1n) is 5.62. The van der Waals surface area contributed by atoms with Crippen molar-refractivity contribution < 1.29 is 4.79 Å². The zero-order valence-electron chi connectivity index (χ0n) is 10.4. The lowest BCUT2D eigenvalue weighted by Gasteiger charge is -2.08. The maximum absolute atomic E-state index is 10.9. The molecule has 3 N–H and O–H groups in total. The van der Waals surface area contributed by atoms with E-state index in [0.29, 0.717) is 6.54 Å². The van der Waals surface area contributed by atoms with Crippen molar-refractivity contribution in [2.45, 2.75) is 19.5 Å². The fraction of sp³-hybridized carbons (Fsp3) is 0.700. The largest absolute Gasteiger partial charge is 0.349 e. The van der Waals surface area contributed by atoms with Gasteiger partial charge in [-0.05, 0) is 27.1 Å². The molecule has 1 rings (SSSR count). The van der Waals surface area contributed by atoms with Crippen LogP contribution in [0.15, 0.2) is 6.20 Å². The van der Waals surface area contributed by atoms with Crippen LogP contribution in [0.4, 0.5) is 0 Å². The van der Waals surface area contributed by atoms with Gasteiger partial charge >= 0.3 is 0 Å². The molecule has 96 valence electrons. The van der Waals surface area contributed by atoms with E-state index in [2.05, 4.69) is 20.5 Å². The minimum atomic E-state index is -0.188. The Morgan fingerprint density at radius 1 is 1.59 bits per heavy atom. The quantitative estimate of drug-likeness (QED) is 0.625. The van der Waals surface area contributed by atoms with Gasteiger partial charge in [-0.1, -0.05) is 5.21 Å². The number of hydrogen-bond acceptors (Lipinski definition) is 5. The third kappa shape index (κ3) is 5.41. The lowest BCUT2D eigenvalue weighted by atomic mass is 10.4. The summed E-state index contributed by atoms with van der Waals surface area (Å²) in [7, 11) is 4.07. The number of aromatic nitrogens is 3. The molecule has 0 bridgehead atoms. The first kappa shape index (κ1) is 13.6. The zero-order chi connectivity index (χ0) is 12.7. The van der Waals surface area contributed by atoms with E-state index in [1.54, 1.807) is 4.68 Å². The van der Waals surface area contributed by atoms with Crippen molar-refractivity contribution in [3.8, 4) is 0 Å². The summed E-state index contributed by atoms with van der Waals surface area (Å²) in [6, 6.07) is 0. The number of nitrogens with two attached hydrogens (primary N) is 1. The SMILES string of the molecule is CN(C)CCCn1cc(CNC(=O)CN)nn1. The highest BCUT2D eigenvalue weighted by Crippen LogP contribution is 1.95. The maximum Gasteiger partial charge on any atom is 0.234 e. The lowest BCUT2D eigenvalue weighted by molar-refractivity contribution is -0.119. The normalized spacial score (nSPS) is 10.8. The summed E-state index contributed by atoms with van der Waals surface area (Å²) in [6.45, 7) is 2.22. The number of rotatable bonds is 7. The Morgan fingerprint density at radius 3 is 3.00 bits per heavy atom. The van der Waals surface area contributed by atoms with Crippen LogP contribution in [-0.4, -0.2) is 53.0 Å². The Morgan fingerprint density at radius 2 is 2.35 bits per heavy atom. The predicted octanol–water partition coefficient (Wildman–Crippen LogP) is -1.20. The molecular weight excluding hydrogens is 220 g/mol. The summed E-state index contributed by atoms with van der Waals surface area (Å²) >= 11 is 0. The van der Waals surface area contributed by atoms with E-state index in [4.69, 9.17) is 5.73 Å². The van der Waals surface area contributed by atoms with Gasteiger partial charge in [0.1, 0.15) is 5.69 Å². The van der Waals surface area contributed by atoms with Gasteiger partial charge in [0.05, 0.1) is 19.3 Å². The van der Waals surface area contributed by atoms with E-state index >= 15 is 0 Å². The molecule has 0 radical (unpaired) electrons. The number of aryl methyl sites for hydroxylation is 1. The minimum Gasteiger partial charge on any atom is -0.349 e. The van der Waals surface area contributed by atoms with Crippen molar-refractivity contribution in [2.75, 3.05) is 27.2 Å². The van der Waals surface area contributed by atoms with Gasteiger partial charge < -0.3 is 16.0 Å². The van der Waals surface area contributed by atoms with Crippen LogP contribution in [0.2, 0.25) is 0 Å². The predicted molar refractivity (Wildman–Crippen MR) is 64.1 cm³/mol. The van der Waals surface area contributed by atoms with Crippen LogP contribution in [-0.2, 0) is 17.9 Å². The standard InChI is InChI=1S/C10H20N6O/c1-15(2)4-3-5-16-8-9(13-14-16)7-12-10(17)6-11/h8H,3-7,11H2,1-2H3,(H,12,17). The number of amides is 1. The van der Waals surface area contributed by atoms with Crippen LogP contribution >= 0.6 is 0 Å². The molecule has 1 amide bonds. The molecule has 17 heavy (non-hydrogen) atoms. The van der Waals surface area contributed by atoms with Gasteiger partial charge in [-0.25, -0.2) is 0 Å². The third-order valence-corrected chi connectivity index (χ3v) is 2.23. The molecule has 0 fully saturated rings. The zero-order valence-corrected chi connectivity index (χ0v) is 10.4. The molecule has 1 heterocycles. The summed E-state index contributed by atoms with van der Waals surface area (Å²) in [5.41, 5.74) is 5.92. The molecule has 0 atom stereocenters. The Kier molecular flexibility index (Phi) is 5.58. The molecule has 0 aliphatic heterocycles. The molecule has 0 saturated carbocycles. The van der Waals surface area contributed by atoms with Crippen molar-refractivity contribution in [3.05, 3.63) is 11.9 Å². The minimum absolute atomic E-state index is 0.00300. The summed E-state index contributed by atoms with van der Waals surface area (Å²) in [5.74, 6) is -0.188. The molecule has 0 saturated heterocycles. The summed E-state index contributed by atoms with van der Waals surface area (Å²) in [4.78, 5) is 13.1. The smallest absolute Gasteiger partial charge is 0.234 e. The second kappa shape index (κ2) is 6.97. The van der Waals surface area contributed by atoms with Crippen molar-refractivity contribution in [1.29, 1.82) is 0 Å². The maximum atomic E-state index is 10.9. The van der Waals surface area contributed by atoms with Gasteiger partial charge in [0.25, 0.3) is 0 Å². The van der Waals surface area contributed by atoms with E-state index < -0.39 is 0 Å². The van der Waals surface area contributed by atoms with Crippen LogP contribution in [0.25, 0.3) is 0 Å². The molecule has 0 unspecified atom stereocenters. The molecule has 1 aromatic heterocycles. The van der Waals surface area contributed by atoms with Crippen molar-refractivity contribution in [3.63, 3.8) is 0 Å². The van der Waals surface area contributed by atoms with Crippen molar-refractivity contribution in [2.24, 2.45) is 5.73 Å². The summed E-state index contributed by atoms with van der Waals surface area (Å²) in [5, 5.41) is 10.6. The van der Waals surface area contributed by atoms with E-state index in [-0.39, 0.29) is 12.5 Å². The Bertz CT molecular complexity index is 348. The fourth-order valence-corrected chi connectivity index (χ4v) is 1.34. The summed E-state index contributed by atoms with van der Waals surface area (Å²) < 4.78 is 1.79. The monoisotopic (exact) mass is 240 g/mol. The van der Waals surface area contributed by atoms with Gasteiger partial charge in [-0.15, -0.1) is 5.10 Å². The van der Waals surface area contributed by atoms with E-state index in [1.807, 2.05) is 20.3 Å². The number of carbonyl (C=O) groups is 1. The highest BCUT2D eigenvalue weighted by Gasteiger charge is 2.02. The number of nitrogens with zero attached hydrogens (tertiary/aromatic N) is 4. The van der Waals surface area contributed by atoms with Crippen molar-refractivity contribution in [1.82, 2.24) is 25.2 Å². The van der Waals surface area contributed by atoms with Crippen LogP contribution in [0, 0.1) is 0 Å². The van der Waals surface area contributed by atoms with E-state index in [0.717, 1.165) is 25.2 Å². The topological polar surface area (TPSA) is 89.1 Å². The van der Waals surface area contributed by atoms with E-state index in [1.165, 1.54) is 0 Å². The highest BCUT2D eigenvalue weighted by molar-refractivity contribution is 5.77. The average Bonchev–Trinajstić information content (AvgIpc) is 2.73. The molecule has 0 spiro atoms. The molecular formula is C10H20N6O. The van der Waals surface area contributed by atoms with Crippen LogP contribution in [0.3, 0.4) is 0 Å². The van der Waals surface area contributed by atoms with Crippen LogP contribution in [0.1, 0.15) is 12.1 Å². The molecule has 0 aliphatic rings. The Labute approximate surface area is 101 Å². The molecule has 7 heteroatoms. The first-order chi connectivity index (χ1) is 8.11.